The van der Waals surface area contributed by atoms with E-state index in [2.05, 4.69) is 35.6 Å². The van der Waals surface area contributed by atoms with Crippen LogP contribution in [0.1, 0.15) is 30.4 Å². The van der Waals surface area contributed by atoms with Gasteiger partial charge in [-0.15, -0.1) is 0 Å². The van der Waals surface area contributed by atoms with Gasteiger partial charge < -0.3 is 22.8 Å². The van der Waals surface area contributed by atoms with E-state index in [0.717, 1.165) is 13.0 Å². The number of hydrogen-bond acceptors (Lipinski definition) is 1. The minimum absolute atomic E-state index is 0. The summed E-state index contributed by atoms with van der Waals surface area (Å²) in [5.41, 5.74) is 2.75. The van der Waals surface area contributed by atoms with E-state index in [9.17, 15) is 5.11 Å². The fraction of sp³-hybridized carbons (Fsp3) is 0.368. The molecule has 0 saturated carbocycles. The zero-order valence-corrected chi connectivity index (χ0v) is 13.8. The van der Waals surface area contributed by atoms with Gasteiger partial charge >= 0.3 is 0 Å². The first kappa shape index (κ1) is 18.5. The molecule has 0 bridgehead atoms. The van der Waals surface area contributed by atoms with Crippen LogP contribution in [-0.2, 0) is 12.8 Å². The maximum absolute atomic E-state index is 9.22. The van der Waals surface area contributed by atoms with Crippen molar-refractivity contribution in [1.82, 2.24) is 0 Å². The molecule has 0 fully saturated rings. The van der Waals surface area contributed by atoms with Crippen LogP contribution in [0.15, 0.2) is 54.6 Å². The highest BCUT2D eigenvalue weighted by Gasteiger charge is 1.97. The van der Waals surface area contributed by atoms with Crippen LogP contribution < -0.4 is 17.7 Å². The number of rotatable bonds is 9. The van der Waals surface area contributed by atoms with Crippen LogP contribution in [-0.4, -0.2) is 18.2 Å². The molecule has 2 rings (SSSR count). The average Bonchev–Trinajstić information content (AvgIpc) is 2.53. The number of phenolic OH excluding ortho intramolecular Hbond substituents is 1. The topological polar surface area (TPSA) is 36.8 Å². The van der Waals surface area contributed by atoms with Crippen LogP contribution in [0.5, 0.6) is 5.75 Å². The quantitative estimate of drug-likeness (QED) is 0.623. The lowest BCUT2D eigenvalue weighted by Gasteiger charge is -2.03. The Morgan fingerprint density at radius 1 is 0.682 bits per heavy atom. The maximum atomic E-state index is 9.22. The van der Waals surface area contributed by atoms with Gasteiger partial charge in [0, 0.05) is 6.42 Å². The molecule has 3 N–H and O–H groups in total. The van der Waals surface area contributed by atoms with Crippen LogP contribution in [0.25, 0.3) is 0 Å². The van der Waals surface area contributed by atoms with Crippen LogP contribution in [0.2, 0.25) is 0 Å². The standard InChI is InChI=1S/C19H25NO.ClH/c21-19-12-10-18(11-13-19)14-16-20-15-6-2-5-9-17-7-3-1-4-8-17;/h1,3-4,7-8,10-13,20-21H,2,5-6,9,14-16H2;1H. The molecule has 120 valence electrons. The molecule has 0 heterocycles. The predicted octanol–water partition coefficient (Wildman–Crippen LogP) is -0.0849. The first-order valence-corrected chi connectivity index (χ1v) is 7.98. The number of quaternary nitrogens is 1. The zero-order chi connectivity index (χ0) is 14.8. The third-order valence-corrected chi connectivity index (χ3v) is 3.79. The molecule has 0 aliphatic rings. The number of benzene rings is 2. The second kappa shape index (κ2) is 11.1. The van der Waals surface area contributed by atoms with Gasteiger partial charge in [-0.1, -0.05) is 42.5 Å². The molecular weight excluding hydrogens is 294 g/mol. The molecule has 0 amide bonds. The van der Waals surface area contributed by atoms with Gasteiger partial charge in [0.1, 0.15) is 5.75 Å². The Hall–Kier alpha value is -1.51. The van der Waals surface area contributed by atoms with Crippen LogP contribution >= 0.6 is 0 Å². The van der Waals surface area contributed by atoms with Gasteiger partial charge in [-0.2, -0.15) is 0 Å². The van der Waals surface area contributed by atoms with Crippen molar-refractivity contribution in [1.29, 1.82) is 0 Å². The van der Waals surface area contributed by atoms with Crippen molar-refractivity contribution < 1.29 is 22.8 Å². The third-order valence-electron chi connectivity index (χ3n) is 3.79. The largest absolute Gasteiger partial charge is 1.00 e. The summed E-state index contributed by atoms with van der Waals surface area (Å²) >= 11 is 0. The second-order valence-electron chi connectivity index (χ2n) is 5.58. The molecule has 0 spiro atoms. The molecule has 2 aromatic carbocycles. The van der Waals surface area contributed by atoms with Crippen molar-refractivity contribution in [2.24, 2.45) is 0 Å². The van der Waals surface area contributed by atoms with Crippen molar-refractivity contribution in [3.63, 3.8) is 0 Å². The molecule has 0 saturated heterocycles. The molecule has 2 nitrogen and oxygen atoms in total. The molecule has 0 unspecified atom stereocenters. The Balaban J connectivity index is 0.00000242. The van der Waals surface area contributed by atoms with Crippen molar-refractivity contribution in [2.75, 3.05) is 13.1 Å². The number of aromatic hydroxyl groups is 1. The van der Waals surface area contributed by atoms with Gasteiger partial charge in [-0.3, -0.25) is 0 Å². The summed E-state index contributed by atoms with van der Waals surface area (Å²) in [4.78, 5) is 0. The van der Waals surface area contributed by atoms with Crippen molar-refractivity contribution in [3.05, 3.63) is 65.7 Å². The SMILES string of the molecule is Oc1ccc(CC[NH2+]CCCCCc2ccccc2)cc1.[Cl-]. The summed E-state index contributed by atoms with van der Waals surface area (Å²) in [5.74, 6) is 0.348. The van der Waals surface area contributed by atoms with E-state index in [1.807, 2.05) is 12.1 Å². The number of unbranched alkanes of at least 4 members (excludes halogenated alkanes) is 2. The highest BCUT2D eigenvalue weighted by molar-refractivity contribution is 5.25. The van der Waals surface area contributed by atoms with Gasteiger partial charge in [0.25, 0.3) is 0 Å². The van der Waals surface area contributed by atoms with E-state index in [1.165, 1.54) is 43.4 Å². The van der Waals surface area contributed by atoms with Crippen LogP contribution in [0.4, 0.5) is 0 Å². The van der Waals surface area contributed by atoms with E-state index in [4.69, 9.17) is 0 Å². The maximum Gasteiger partial charge on any atom is 0.115 e. The highest BCUT2D eigenvalue weighted by Crippen LogP contribution is 2.09. The Morgan fingerprint density at radius 3 is 2.09 bits per heavy atom. The van der Waals surface area contributed by atoms with E-state index in [1.54, 1.807) is 12.1 Å². The monoisotopic (exact) mass is 319 g/mol. The Morgan fingerprint density at radius 2 is 1.36 bits per heavy atom. The summed E-state index contributed by atoms with van der Waals surface area (Å²) < 4.78 is 0. The molecule has 0 radical (unpaired) electrons. The van der Waals surface area contributed by atoms with E-state index in [-0.39, 0.29) is 12.4 Å². The van der Waals surface area contributed by atoms with Crippen molar-refractivity contribution in [2.45, 2.75) is 32.1 Å². The second-order valence-corrected chi connectivity index (χ2v) is 5.58. The number of halogens is 1. The Kier molecular flexibility index (Phi) is 9.36. The lowest BCUT2D eigenvalue weighted by atomic mass is 10.1. The van der Waals surface area contributed by atoms with Gasteiger partial charge in [0.2, 0.25) is 0 Å². The lowest BCUT2D eigenvalue weighted by Crippen LogP contribution is -3.00. The molecule has 0 atom stereocenters. The smallest absolute Gasteiger partial charge is 0.115 e. The van der Waals surface area contributed by atoms with E-state index < -0.39 is 0 Å². The average molecular weight is 320 g/mol. The molecular formula is C19H26ClNO. The molecule has 2 aromatic rings. The zero-order valence-electron chi connectivity index (χ0n) is 13.0. The summed E-state index contributed by atoms with van der Waals surface area (Å²) in [6, 6.07) is 18.3. The number of nitrogens with two attached hydrogens (primary N) is 1. The Labute approximate surface area is 140 Å². The number of hydrogen-bond donors (Lipinski definition) is 2. The summed E-state index contributed by atoms with van der Waals surface area (Å²) in [6.07, 6.45) is 6.17. The number of phenols is 1. The Bertz CT molecular complexity index is 499. The highest BCUT2D eigenvalue weighted by atomic mass is 35.5. The fourth-order valence-electron chi connectivity index (χ4n) is 2.51. The summed E-state index contributed by atoms with van der Waals surface area (Å²) in [5, 5.41) is 11.6. The normalized spacial score (nSPS) is 10.2. The molecule has 0 aliphatic carbocycles. The summed E-state index contributed by atoms with van der Waals surface area (Å²) in [6.45, 7) is 2.34. The molecule has 3 heteroatoms. The van der Waals surface area contributed by atoms with Crippen molar-refractivity contribution in [3.8, 4) is 5.75 Å². The van der Waals surface area contributed by atoms with Gasteiger partial charge in [-0.25, -0.2) is 0 Å². The van der Waals surface area contributed by atoms with Crippen molar-refractivity contribution >= 4 is 0 Å². The van der Waals surface area contributed by atoms with Crippen LogP contribution in [0, 0.1) is 0 Å². The summed E-state index contributed by atoms with van der Waals surface area (Å²) in [7, 11) is 0. The predicted molar refractivity (Wildman–Crippen MR) is 87.5 cm³/mol. The van der Waals surface area contributed by atoms with E-state index in [0.29, 0.717) is 5.75 Å². The minimum atomic E-state index is 0. The first-order chi connectivity index (χ1) is 10.3. The van der Waals surface area contributed by atoms with Crippen LogP contribution in [0.3, 0.4) is 0 Å². The molecule has 22 heavy (non-hydrogen) atoms. The molecule has 0 aliphatic heterocycles. The third kappa shape index (κ3) is 7.48. The van der Waals surface area contributed by atoms with E-state index >= 15 is 0 Å². The van der Waals surface area contributed by atoms with Gasteiger partial charge in [-0.05, 0) is 48.9 Å². The van der Waals surface area contributed by atoms with Gasteiger partial charge in [0.05, 0.1) is 13.1 Å². The number of aryl methyl sites for hydroxylation is 1. The first-order valence-electron chi connectivity index (χ1n) is 7.98. The van der Waals surface area contributed by atoms with Gasteiger partial charge in [0.15, 0.2) is 0 Å². The minimum Gasteiger partial charge on any atom is -1.00 e. The lowest BCUT2D eigenvalue weighted by molar-refractivity contribution is -0.654. The fourth-order valence-corrected chi connectivity index (χ4v) is 2.51. The molecule has 0 aromatic heterocycles.